The number of piperidine rings is 1. The molecule has 0 saturated carbocycles. The van der Waals surface area contributed by atoms with Crippen LogP contribution in [0, 0.1) is 12.8 Å². The Hall–Kier alpha value is -1.06. The van der Waals surface area contributed by atoms with E-state index in [0.29, 0.717) is 12.0 Å². The van der Waals surface area contributed by atoms with E-state index < -0.39 is 0 Å². The van der Waals surface area contributed by atoms with Crippen LogP contribution in [-0.2, 0) is 9.47 Å². The van der Waals surface area contributed by atoms with Crippen LogP contribution in [0.3, 0.4) is 0 Å². The molecule has 29 heavy (non-hydrogen) atoms. The minimum absolute atomic E-state index is 0. The van der Waals surface area contributed by atoms with Crippen molar-refractivity contribution in [2.24, 2.45) is 10.9 Å². The van der Waals surface area contributed by atoms with Crippen LogP contribution in [0.1, 0.15) is 31.2 Å². The molecule has 2 N–H and O–H groups in total. The van der Waals surface area contributed by atoms with Gasteiger partial charge in [0, 0.05) is 57.5 Å². The summed E-state index contributed by atoms with van der Waals surface area (Å²) in [6, 6.07) is 9.24. The number of halogens is 1. The first kappa shape index (κ1) is 24.2. The lowest BCUT2D eigenvalue weighted by Gasteiger charge is -2.35. The summed E-state index contributed by atoms with van der Waals surface area (Å²) in [5.41, 5.74) is 2.62. The molecule has 0 bridgehead atoms. The topological polar surface area (TPSA) is 58.1 Å². The molecule has 3 rings (SSSR count). The number of guanidine groups is 1. The van der Waals surface area contributed by atoms with Gasteiger partial charge in [-0.25, -0.2) is 0 Å². The number of nitrogens with zero attached hydrogens (tertiary/aromatic N) is 2. The van der Waals surface area contributed by atoms with E-state index in [0.717, 1.165) is 64.9 Å². The molecule has 6 nitrogen and oxygen atoms in total. The Balaban J connectivity index is 0.00000300. The Morgan fingerprint density at radius 1 is 1.28 bits per heavy atom. The molecule has 0 amide bonds. The molecule has 2 atom stereocenters. The summed E-state index contributed by atoms with van der Waals surface area (Å²) in [6.45, 7) is 8.49. The first-order chi connectivity index (χ1) is 13.7. The van der Waals surface area contributed by atoms with Crippen LogP contribution in [-0.4, -0.2) is 65.1 Å². The SMILES string of the molecule is CN=C(NCCCOCC1CCOC1)NC1CCCN(c2ccc(C)cc2)C1.I. The first-order valence-electron chi connectivity index (χ1n) is 10.7. The fourth-order valence-electron chi connectivity index (χ4n) is 3.82. The Bertz CT molecular complexity index is 605. The van der Waals surface area contributed by atoms with E-state index in [1.54, 1.807) is 0 Å². The normalized spacial score (nSPS) is 22.3. The minimum atomic E-state index is 0. The second-order valence-corrected chi connectivity index (χ2v) is 7.92. The van der Waals surface area contributed by atoms with E-state index in [2.05, 4.69) is 51.7 Å². The van der Waals surface area contributed by atoms with Gasteiger partial charge in [0.1, 0.15) is 0 Å². The van der Waals surface area contributed by atoms with Crippen LogP contribution in [0.5, 0.6) is 0 Å². The van der Waals surface area contributed by atoms with Gasteiger partial charge >= 0.3 is 0 Å². The number of hydrogen-bond donors (Lipinski definition) is 2. The van der Waals surface area contributed by atoms with Gasteiger partial charge in [0.2, 0.25) is 0 Å². The van der Waals surface area contributed by atoms with Crippen molar-refractivity contribution in [2.45, 2.75) is 38.6 Å². The van der Waals surface area contributed by atoms with E-state index >= 15 is 0 Å². The van der Waals surface area contributed by atoms with Crippen LogP contribution in [0.25, 0.3) is 0 Å². The number of aliphatic imine (C=N–C) groups is 1. The highest BCUT2D eigenvalue weighted by Crippen LogP contribution is 2.20. The van der Waals surface area contributed by atoms with Crippen LogP contribution >= 0.6 is 24.0 Å². The molecule has 1 aromatic rings. The number of aryl methyl sites for hydroxylation is 1. The number of nitrogens with one attached hydrogen (secondary N) is 2. The summed E-state index contributed by atoms with van der Waals surface area (Å²) >= 11 is 0. The van der Waals surface area contributed by atoms with Crippen molar-refractivity contribution in [3.05, 3.63) is 29.8 Å². The molecule has 2 saturated heterocycles. The molecule has 7 heteroatoms. The third-order valence-electron chi connectivity index (χ3n) is 5.52. The lowest BCUT2D eigenvalue weighted by molar-refractivity contribution is 0.0888. The van der Waals surface area contributed by atoms with Gasteiger partial charge in [0.15, 0.2) is 5.96 Å². The summed E-state index contributed by atoms with van der Waals surface area (Å²) in [4.78, 5) is 6.86. The smallest absolute Gasteiger partial charge is 0.191 e. The molecule has 2 heterocycles. The zero-order valence-corrected chi connectivity index (χ0v) is 20.2. The molecule has 2 aliphatic rings. The lowest BCUT2D eigenvalue weighted by Crippen LogP contribution is -2.51. The van der Waals surface area contributed by atoms with Gasteiger partial charge in [-0.2, -0.15) is 0 Å². The fourth-order valence-corrected chi connectivity index (χ4v) is 3.82. The molecule has 0 spiro atoms. The first-order valence-corrected chi connectivity index (χ1v) is 10.7. The summed E-state index contributed by atoms with van der Waals surface area (Å²) in [5.74, 6) is 1.48. The standard InChI is InChI=1S/C22H36N4O2.HI/c1-18-6-8-21(9-7-18)26-12-3-5-20(15-26)25-22(23-2)24-11-4-13-27-16-19-10-14-28-17-19;/h6-9,19-20H,3-5,10-17H2,1-2H3,(H2,23,24,25);1H. The molecule has 0 aliphatic carbocycles. The largest absolute Gasteiger partial charge is 0.381 e. The summed E-state index contributed by atoms with van der Waals surface area (Å²) in [5, 5.41) is 7.02. The van der Waals surface area contributed by atoms with Gasteiger partial charge in [-0.15, -0.1) is 24.0 Å². The molecule has 164 valence electrons. The van der Waals surface area contributed by atoms with Gasteiger partial charge < -0.3 is 25.0 Å². The van der Waals surface area contributed by atoms with Crippen molar-refractivity contribution < 1.29 is 9.47 Å². The zero-order chi connectivity index (χ0) is 19.6. The number of anilines is 1. The van der Waals surface area contributed by atoms with E-state index in [1.165, 1.54) is 24.1 Å². The second kappa shape index (κ2) is 13.3. The van der Waals surface area contributed by atoms with Crippen molar-refractivity contribution in [2.75, 3.05) is 58.0 Å². The van der Waals surface area contributed by atoms with Gasteiger partial charge in [-0.05, 0) is 44.7 Å². The Labute approximate surface area is 192 Å². The molecule has 0 radical (unpaired) electrons. The Morgan fingerprint density at radius 3 is 2.83 bits per heavy atom. The molecule has 2 aliphatic heterocycles. The fraction of sp³-hybridized carbons (Fsp3) is 0.682. The third-order valence-corrected chi connectivity index (χ3v) is 5.52. The van der Waals surface area contributed by atoms with Gasteiger partial charge in [-0.3, -0.25) is 4.99 Å². The van der Waals surface area contributed by atoms with Crippen molar-refractivity contribution in [3.63, 3.8) is 0 Å². The maximum atomic E-state index is 5.77. The van der Waals surface area contributed by atoms with Crippen molar-refractivity contribution in [1.29, 1.82) is 0 Å². The molecule has 1 aromatic carbocycles. The monoisotopic (exact) mass is 516 g/mol. The number of rotatable bonds is 8. The summed E-state index contributed by atoms with van der Waals surface area (Å²) < 4.78 is 11.1. The molecule has 2 unspecified atom stereocenters. The lowest BCUT2D eigenvalue weighted by atomic mass is 10.0. The highest BCUT2D eigenvalue weighted by Gasteiger charge is 2.21. The average Bonchev–Trinajstić information content (AvgIpc) is 3.24. The molecular weight excluding hydrogens is 479 g/mol. The van der Waals surface area contributed by atoms with Gasteiger partial charge in [0.05, 0.1) is 13.2 Å². The third kappa shape index (κ3) is 8.30. The van der Waals surface area contributed by atoms with Crippen molar-refractivity contribution in [3.8, 4) is 0 Å². The van der Waals surface area contributed by atoms with Crippen LogP contribution in [0.2, 0.25) is 0 Å². The summed E-state index contributed by atoms with van der Waals surface area (Å²) in [6.07, 6.45) is 4.49. The molecular formula is C22H37IN4O2. The highest BCUT2D eigenvalue weighted by atomic mass is 127. The van der Waals surface area contributed by atoms with E-state index in [-0.39, 0.29) is 24.0 Å². The predicted octanol–water partition coefficient (Wildman–Crippen LogP) is 3.19. The quantitative estimate of drug-likeness (QED) is 0.241. The number of hydrogen-bond acceptors (Lipinski definition) is 4. The minimum Gasteiger partial charge on any atom is -0.381 e. The van der Waals surface area contributed by atoms with Crippen molar-refractivity contribution >= 4 is 35.6 Å². The second-order valence-electron chi connectivity index (χ2n) is 7.92. The van der Waals surface area contributed by atoms with Crippen molar-refractivity contribution in [1.82, 2.24) is 10.6 Å². The zero-order valence-electron chi connectivity index (χ0n) is 17.9. The van der Waals surface area contributed by atoms with Gasteiger partial charge in [-0.1, -0.05) is 17.7 Å². The van der Waals surface area contributed by atoms with Crippen LogP contribution in [0.15, 0.2) is 29.3 Å². The van der Waals surface area contributed by atoms with E-state index in [4.69, 9.17) is 9.47 Å². The number of ether oxygens (including phenoxy) is 2. The Morgan fingerprint density at radius 2 is 2.10 bits per heavy atom. The maximum absolute atomic E-state index is 5.77. The maximum Gasteiger partial charge on any atom is 0.191 e. The summed E-state index contributed by atoms with van der Waals surface area (Å²) in [7, 11) is 1.84. The van der Waals surface area contributed by atoms with Crippen LogP contribution < -0.4 is 15.5 Å². The van der Waals surface area contributed by atoms with E-state index in [9.17, 15) is 0 Å². The van der Waals surface area contributed by atoms with Gasteiger partial charge in [0.25, 0.3) is 0 Å². The average molecular weight is 516 g/mol. The van der Waals surface area contributed by atoms with E-state index in [1.807, 2.05) is 7.05 Å². The highest BCUT2D eigenvalue weighted by molar-refractivity contribution is 14.0. The number of benzene rings is 1. The Kier molecular flexibility index (Phi) is 11.1. The molecule has 2 fully saturated rings. The molecule has 0 aromatic heterocycles. The van der Waals surface area contributed by atoms with Crippen LogP contribution in [0.4, 0.5) is 5.69 Å². The predicted molar refractivity (Wildman–Crippen MR) is 131 cm³/mol.